The molecule has 5 nitrogen and oxygen atoms in total. The van der Waals surface area contributed by atoms with Crippen molar-refractivity contribution < 1.29 is 22.8 Å². The van der Waals surface area contributed by atoms with Gasteiger partial charge in [0.15, 0.2) is 5.17 Å². The lowest BCUT2D eigenvalue weighted by atomic mass is 10.1. The van der Waals surface area contributed by atoms with Crippen molar-refractivity contribution in [2.24, 2.45) is 4.99 Å². The Labute approximate surface area is 133 Å². The monoisotopic (exact) mass is 343 g/mol. The molecule has 0 aromatic heterocycles. The average Bonchev–Trinajstić information content (AvgIpc) is 3.02. The highest BCUT2D eigenvalue weighted by atomic mass is 32.2. The fraction of sp³-hybridized carbons (Fsp3) is 0.357. The quantitative estimate of drug-likeness (QED) is 0.906. The van der Waals surface area contributed by atoms with Crippen LogP contribution in [0.5, 0.6) is 0 Å². The van der Waals surface area contributed by atoms with E-state index in [0.29, 0.717) is 11.3 Å². The molecule has 1 unspecified atom stereocenters. The van der Waals surface area contributed by atoms with Crippen LogP contribution in [0.4, 0.5) is 13.2 Å². The second-order valence-corrected chi connectivity index (χ2v) is 6.18. The number of amides is 2. The van der Waals surface area contributed by atoms with Crippen molar-refractivity contribution in [2.75, 3.05) is 12.3 Å². The molecule has 2 heterocycles. The van der Waals surface area contributed by atoms with Gasteiger partial charge < -0.3 is 5.32 Å². The van der Waals surface area contributed by atoms with Gasteiger partial charge in [-0.05, 0) is 5.56 Å². The zero-order valence-corrected chi connectivity index (χ0v) is 12.6. The van der Waals surface area contributed by atoms with Crippen molar-refractivity contribution in [3.63, 3.8) is 0 Å². The van der Waals surface area contributed by atoms with Gasteiger partial charge in [0.25, 0.3) is 5.91 Å². The molecule has 23 heavy (non-hydrogen) atoms. The van der Waals surface area contributed by atoms with Crippen LogP contribution < -0.4 is 5.32 Å². The minimum Gasteiger partial charge on any atom is -0.316 e. The first-order chi connectivity index (χ1) is 10.8. The average molecular weight is 343 g/mol. The molecule has 2 aliphatic rings. The van der Waals surface area contributed by atoms with Gasteiger partial charge in [0.1, 0.15) is 0 Å². The third-order valence-electron chi connectivity index (χ3n) is 3.53. The Morgan fingerprint density at radius 2 is 2.04 bits per heavy atom. The fourth-order valence-corrected chi connectivity index (χ4v) is 3.42. The van der Waals surface area contributed by atoms with Gasteiger partial charge in [-0.3, -0.25) is 14.5 Å². The van der Waals surface area contributed by atoms with Gasteiger partial charge in [-0.25, -0.2) is 4.99 Å². The molecule has 3 rings (SSSR count). The summed E-state index contributed by atoms with van der Waals surface area (Å²) >= 11 is 1.07. The molecule has 0 saturated carbocycles. The lowest BCUT2D eigenvalue weighted by molar-refractivity contribution is -0.200. The third kappa shape index (κ3) is 2.69. The highest BCUT2D eigenvalue weighted by Crippen LogP contribution is 2.40. The van der Waals surface area contributed by atoms with Gasteiger partial charge in [0.2, 0.25) is 5.91 Å². The number of fused-ring (bicyclic) bond motifs is 1. The van der Waals surface area contributed by atoms with Crippen molar-refractivity contribution >= 4 is 28.7 Å². The van der Waals surface area contributed by atoms with Gasteiger partial charge in [-0.1, -0.05) is 42.1 Å². The SMILES string of the molecule is O=C(Cc1ccccc1)NC1(C(F)(F)F)N=C2SCCN2C1=O. The Bertz CT molecular complexity index is 678. The van der Waals surface area contributed by atoms with Crippen LogP contribution in [-0.4, -0.2) is 46.0 Å². The number of rotatable bonds is 3. The predicted molar refractivity (Wildman–Crippen MR) is 78.7 cm³/mol. The van der Waals surface area contributed by atoms with E-state index in [1.165, 1.54) is 0 Å². The summed E-state index contributed by atoms with van der Waals surface area (Å²) in [5, 5.41) is 1.81. The normalized spacial score (nSPS) is 23.7. The Morgan fingerprint density at radius 1 is 1.35 bits per heavy atom. The number of carbonyl (C=O) groups is 2. The third-order valence-corrected chi connectivity index (χ3v) is 4.49. The molecule has 1 aromatic carbocycles. The fourth-order valence-electron chi connectivity index (χ4n) is 2.43. The van der Waals surface area contributed by atoms with E-state index in [-0.39, 0.29) is 18.1 Å². The topological polar surface area (TPSA) is 61.8 Å². The second kappa shape index (κ2) is 5.55. The lowest BCUT2D eigenvalue weighted by Gasteiger charge is -2.28. The van der Waals surface area contributed by atoms with E-state index in [2.05, 4.69) is 4.99 Å². The molecule has 9 heteroatoms. The van der Waals surface area contributed by atoms with Gasteiger partial charge in [0.05, 0.1) is 6.42 Å². The summed E-state index contributed by atoms with van der Waals surface area (Å²) in [5.41, 5.74) is -2.66. The largest absolute Gasteiger partial charge is 0.442 e. The van der Waals surface area contributed by atoms with E-state index < -0.39 is 23.7 Å². The van der Waals surface area contributed by atoms with Crippen molar-refractivity contribution in [3.05, 3.63) is 35.9 Å². The summed E-state index contributed by atoms with van der Waals surface area (Å²) < 4.78 is 40.5. The van der Waals surface area contributed by atoms with E-state index in [9.17, 15) is 22.8 Å². The molecule has 0 aliphatic carbocycles. The maximum Gasteiger partial charge on any atom is 0.442 e. The van der Waals surface area contributed by atoms with Crippen LogP contribution >= 0.6 is 11.8 Å². The summed E-state index contributed by atoms with van der Waals surface area (Å²) in [4.78, 5) is 28.7. The summed E-state index contributed by atoms with van der Waals surface area (Å²) in [7, 11) is 0. The number of halogens is 3. The number of nitrogens with zero attached hydrogens (tertiary/aromatic N) is 2. The molecule has 1 aromatic rings. The van der Waals surface area contributed by atoms with Gasteiger partial charge in [-0.15, -0.1) is 0 Å². The first-order valence-corrected chi connectivity index (χ1v) is 7.78. The van der Waals surface area contributed by atoms with Crippen molar-refractivity contribution in [2.45, 2.75) is 18.3 Å². The number of amidine groups is 1. The molecule has 0 bridgehead atoms. The Balaban J connectivity index is 1.86. The number of benzene rings is 1. The Hall–Kier alpha value is -2.03. The standard InChI is InChI=1S/C14H12F3N3O2S/c15-14(16,17)13(11(22)20-6-7-23-12(20)19-13)18-10(21)8-9-4-2-1-3-5-9/h1-5H,6-8H2,(H,18,21). The highest BCUT2D eigenvalue weighted by molar-refractivity contribution is 8.14. The van der Waals surface area contributed by atoms with E-state index in [4.69, 9.17) is 0 Å². The van der Waals surface area contributed by atoms with E-state index >= 15 is 0 Å². The number of thioether (sulfide) groups is 1. The summed E-state index contributed by atoms with van der Waals surface area (Å²) in [6.07, 6.45) is -5.27. The number of alkyl halides is 3. The highest BCUT2D eigenvalue weighted by Gasteiger charge is 2.67. The molecule has 0 radical (unpaired) electrons. The first kappa shape index (κ1) is 15.9. The summed E-state index contributed by atoms with van der Waals surface area (Å²) in [5.74, 6) is -1.65. The van der Waals surface area contributed by atoms with Gasteiger partial charge in [-0.2, -0.15) is 13.2 Å². The molecular formula is C14H12F3N3O2S. The maximum absolute atomic E-state index is 13.5. The van der Waals surface area contributed by atoms with Crippen LogP contribution in [0.3, 0.4) is 0 Å². The maximum atomic E-state index is 13.5. The molecule has 122 valence electrons. The van der Waals surface area contributed by atoms with Crippen molar-refractivity contribution in [1.82, 2.24) is 10.2 Å². The lowest BCUT2D eigenvalue weighted by Crippen LogP contribution is -2.63. The van der Waals surface area contributed by atoms with Gasteiger partial charge >= 0.3 is 11.8 Å². The number of hydrogen-bond acceptors (Lipinski definition) is 4. The first-order valence-electron chi connectivity index (χ1n) is 6.80. The van der Waals surface area contributed by atoms with Crippen LogP contribution in [-0.2, 0) is 16.0 Å². The van der Waals surface area contributed by atoms with Crippen molar-refractivity contribution in [3.8, 4) is 0 Å². The van der Waals surface area contributed by atoms with E-state index in [1.54, 1.807) is 35.6 Å². The zero-order valence-electron chi connectivity index (χ0n) is 11.8. The predicted octanol–water partition coefficient (Wildman–Crippen LogP) is 1.55. The zero-order chi connectivity index (χ0) is 16.7. The second-order valence-electron chi connectivity index (χ2n) is 5.12. The van der Waals surface area contributed by atoms with Gasteiger partial charge in [0, 0.05) is 12.3 Å². The van der Waals surface area contributed by atoms with Crippen LogP contribution in [0.25, 0.3) is 0 Å². The molecule has 2 aliphatic heterocycles. The van der Waals surface area contributed by atoms with E-state index in [1.807, 2.05) is 0 Å². The molecule has 1 fully saturated rings. The molecule has 1 atom stereocenters. The minimum atomic E-state index is -5.01. The summed E-state index contributed by atoms with van der Waals surface area (Å²) in [6, 6.07) is 8.33. The number of hydrogen-bond donors (Lipinski definition) is 1. The van der Waals surface area contributed by atoms with E-state index in [0.717, 1.165) is 16.7 Å². The van der Waals surface area contributed by atoms with Crippen LogP contribution in [0.15, 0.2) is 35.3 Å². The van der Waals surface area contributed by atoms with Crippen molar-refractivity contribution in [1.29, 1.82) is 0 Å². The molecule has 0 spiro atoms. The summed E-state index contributed by atoms with van der Waals surface area (Å²) in [6.45, 7) is 0.161. The van der Waals surface area contributed by atoms with Crippen LogP contribution in [0.1, 0.15) is 5.56 Å². The number of nitrogens with one attached hydrogen (secondary N) is 1. The van der Waals surface area contributed by atoms with Crippen LogP contribution in [0.2, 0.25) is 0 Å². The molecule has 1 N–H and O–H groups in total. The Morgan fingerprint density at radius 3 is 2.65 bits per heavy atom. The number of aliphatic imine (C=N–C) groups is 1. The Kier molecular flexibility index (Phi) is 3.83. The molecule has 2 amide bonds. The minimum absolute atomic E-state index is 0.00679. The molecule has 1 saturated heterocycles. The van der Waals surface area contributed by atoms with Crippen LogP contribution in [0, 0.1) is 0 Å². The smallest absolute Gasteiger partial charge is 0.316 e. The molecular weight excluding hydrogens is 331 g/mol. The number of carbonyl (C=O) groups excluding carboxylic acids is 2.